The average Bonchev–Trinajstić information content (AvgIpc) is 3.18. The van der Waals surface area contributed by atoms with Gasteiger partial charge in [-0.05, 0) is 32.2 Å². The van der Waals surface area contributed by atoms with Crippen molar-refractivity contribution in [3.63, 3.8) is 0 Å². The molecule has 1 aliphatic carbocycles. The minimum absolute atomic E-state index is 0.173. The van der Waals surface area contributed by atoms with Crippen LogP contribution in [0, 0.1) is 0 Å². The lowest BCUT2D eigenvalue weighted by atomic mass is 10.1. The number of nitrogens with zero attached hydrogens (tertiary/aromatic N) is 3. The van der Waals surface area contributed by atoms with E-state index in [-0.39, 0.29) is 11.3 Å². The molecule has 1 saturated heterocycles. The molecule has 0 amide bonds. The Labute approximate surface area is 133 Å². The van der Waals surface area contributed by atoms with Gasteiger partial charge in [0.1, 0.15) is 0 Å². The smallest absolute Gasteiger partial charge is 0.215 e. The minimum atomic E-state index is -3.18. The molecule has 2 fully saturated rings. The molecule has 6 nitrogen and oxygen atoms in total. The van der Waals surface area contributed by atoms with Gasteiger partial charge in [-0.3, -0.25) is 0 Å². The van der Waals surface area contributed by atoms with Gasteiger partial charge in [0.05, 0.1) is 11.6 Å². The van der Waals surface area contributed by atoms with Gasteiger partial charge in [-0.15, -0.1) is 0 Å². The summed E-state index contributed by atoms with van der Waals surface area (Å²) in [5, 5.41) is -0.260. The van der Waals surface area contributed by atoms with Crippen LogP contribution < -0.4 is 4.72 Å². The van der Waals surface area contributed by atoms with E-state index in [0.29, 0.717) is 6.54 Å². The molecular weight excluding hydrogens is 300 g/mol. The van der Waals surface area contributed by atoms with Crippen molar-refractivity contribution in [1.29, 1.82) is 0 Å². The van der Waals surface area contributed by atoms with E-state index in [4.69, 9.17) is 0 Å². The summed E-state index contributed by atoms with van der Waals surface area (Å²) < 4.78 is 30.1. The third kappa shape index (κ3) is 4.08. The van der Waals surface area contributed by atoms with E-state index in [9.17, 15) is 8.42 Å². The van der Waals surface area contributed by atoms with Crippen molar-refractivity contribution >= 4 is 10.0 Å². The monoisotopic (exact) mass is 326 g/mol. The maximum atomic E-state index is 12.6. The Morgan fingerprint density at radius 2 is 1.95 bits per heavy atom. The third-order valence-corrected chi connectivity index (χ3v) is 6.75. The molecule has 124 valence electrons. The van der Waals surface area contributed by atoms with Gasteiger partial charge < -0.3 is 9.47 Å². The van der Waals surface area contributed by atoms with Crippen molar-refractivity contribution in [1.82, 2.24) is 19.2 Å². The molecule has 1 aromatic rings. The van der Waals surface area contributed by atoms with Gasteiger partial charge in [0.15, 0.2) is 0 Å². The number of aromatic nitrogens is 2. The second kappa shape index (κ2) is 7.10. The summed E-state index contributed by atoms with van der Waals surface area (Å²) in [6.45, 7) is 3.38. The molecule has 0 radical (unpaired) electrons. The molecule has 1 aliphatic heterocycles. The molecule has 1 aromatic heterocycles. The van der Waals surface area contributed by atoms with E-state index in [0.717, 1.165) is 58.2 Å². The fourth-order valence-corrected chi connectivity index (χ4v) is 5.29. The molecule has 7 heteroatoms. The van der Waals surface area contributed by atoms with Crippen LogP contribution in [0.1, 0.15) is 38.5 Å². The van der Waals surface area contributed by atoms with Crippen LogP contribution in [0.3, 0.4) is 0 Å². The molecule has 1 atom stereocenters. The van der Waals surface area contributed by atoms with Gasteiger partial charge in [-0.2, -0.15) is 0 Å². The van der Waals surface area contributed by atoms with Crippen molar-refractivity contribution in [2.75, 3.05) is 19.6 Å². The van der Waals surface area contributed by atoms with Gasteiger partial charge in [0.25, 0.3) is 0 Å². The Hall–Kier alpha value is -0.920. The van der Waals surface area contributed by atoms with E-state index in [1.54, 1.807) is 12.5 Å². The molecule has 3 rings (SSSR count). The summed E-state index contributed by atoms with van der Waals surface area (Å²) in [6.07, 6.45) is 11.6. The van der Waals surface area contributed by atoms with Crippen LogP contribution in [-0.4, -0.2) is 53.8 Å². The van der Waals surface area contributed by atoms with Crippen LogP contribution in [-0.2, 0) is 16.6 Å². The Morgan fingerprint density at radius 3 is 2.68 bits per heavy atom. The number of hydrogen-bond acceptors (Lipinski definition) is 4. The molecule has 22 heavy (non-hydrogen) atoms. The van der Waals surface area contributed by atoms with Gasteiger partial charge in [0, 0.05) is 38.1 Å². The van der Waals surface area contributed by atoms with Gasteiger partial charge in [-0.25, -0.2) is 18.1 Å². The summed E-state index contributed by atoms with van der Waals surface area (Å²) >= 11 is 0. The Morgan fingerprint density at radius 1 is 1.14 bits per heavy atom. The SMILES string of the molecule is O=S(=O)(NC1CCCC1)[C@@H]1CCCN(CCn2ccnc2)C1. The molecule has 1 N–H and O–H groups in total. The van der Waals surface area contributed by atoms with E-state index >= 15 is 0 Å². The first-order valence-electron chi connectivity index (χ1n) is 8.33. The number of imidazole rings is 1. The van der Waals surface area contributed by atoms with E-state index in [1.165, 1.54) is 0 Å². The van der Waals surface area contributed by atoms with Crippen molar-refractivity contribution in [2.45, 2.75) is 56.4 Å². The lowest BCUT2D eigenvalue weighted by Crippen LogP contribution is -2.48. The highest BCUT2D eigenvalue weighted by Gasteiger charge is 2.32. The molecule has 0 bridgehead atoms. The lowest BCUT2D eigenvalue weighted by Gasteiger charge is -2.33. The summed E-state index contributed by atoms with van der Waals surface area (Å²) in [7, 11) is -3.18. The second-order valence-corrected chi connectivity index (χ2v) is 8.50. The van der Waals surface area contributed by atoms with E-state index in [2.05, 4.69) is 14.6 Å². The summed E-state index contributed by atoms with van der Waals surface area (Å²) in [6, 6.07) is 0.173. The van der Waals surface area contributed by atoms with Gasteiger partial charge >= 0.3 is 0 Å². The number of sulfonamides is 1. The van der Waals surface area contributed by atoms with Crippen molar-refractivity contribution in [3.8, 4) is 0 Å². The third-order valence-electron chi connectivity index (χ3n) is 4.82. The fourth-order valence-electron chi connectivity index (χ4n) is 3.52. The fraction of sp³-hybridized carbons (Fsp3) is 0.800. The Balaban J connectivity index is 1.52. The summed E-state index contributed by atoms with van der Waals surface area (Å²) in [4.78, 5) is 6.30. The number of likely N-dealkylation sites (tertiary alicyclic amines) is 1. The first-order chi connectivity index (χ1) is 10.6. The van der Waals surface area contributed by atoms with Crippen molar-refractivity contribution < 1.29 is 8.42 Å². The molecule has 2 aliphatic rings. The predicted octanol–water partition coefficient (Wildman–Crippen LogP) is 1.21. The first kappa shape index (κ1) is 16.0. The lowest BCUT2D eigenvalue weighted by molar-refractivity contribution is 0.221. The highest BCUT2D eigenvalue weighted by molar-refractivity contribution is 7.90. The van der Waals surface area contributed by atoms with E-state index < -0.39 is 10.0 Å². The van der Waals surface area contributed by atoms with Crippen LogP contribution in [0.2, 0.25) is 0 Å². The van der Waals surface area contributed by atoms with Gasteiger partial charge in [-0.1, -0.05) is 12.8 Å². The molecule has 2 heterocycles. The maximum absolute atomic E-state index is 12.6. The number of piperidine rings is 1. The topological polar surface area (TPSA) is 67.2 Å². The Bertz CT molecular complexity index is 552. The standard InChI is InChI=1S/C15H26N4O2S/c20-22(21,17-14-4-1-2-5-14)15-6-3-8-18(12-15)10-11-19-9-7-16-13-19/h7,9,13-15,17H,1-6,8,10-12H2/t15-/m1/s1. The maximum Gasteiger partial charge on any atom is 0.215 e. The normalized spacial score (nSPS) is 24.8. The average molecular weight is 326 g/mol. The van der Waals surface area contributed by atoms with Crippen molar-refractivity contribution in [3.05, 3.63) is 18.7 Å². The first-order valence-corrected chi connectivity index (χ1v) is 9.87. The zero-order valence-corrected chi connectivity index (χ0v) is 13.8. The van der Waals surface area contributed by atoms with Crippen LogP contribution in [0.5, 0.6) is 0 Å². The molecular formula is C15H26N4O2S. The zero-order valence-electron chi connectivity index (χ0n) is 13.0. The predicted molar refractivity (Wildman–Crippen MR) is 86.0 cm³/mol. The highest BCUT2D eigenvalue weighted by Crippen LogP contribution is 2.22. The highest BCUT2D eigenvalue weighted by atomic mass is 32.2. The van der Waals surface area contributed by atoms with Gasteiger partial charge in [0.2, 0.25) is 10.0 Å². The van der Waals surface area contributed by atoms with Crippen LogP contribution in [0.15, 0.2) is 18.7 Å². The molecule has 0 unspecified atom stereocenters. The van der Waals surface area contributed by atoms with Crippen LogP contribution >= 0.6 is 0 Å². The minimum Gasteiger partial charge on any atom is -0.336 e. The summed E-state index contributed by atoms with van der Waals surface area (Å²) in [5.74, 6) is 0. The summed E-state index contributed by atoms with van der Waals surface area (Å²) in [5.41, 5.74) is 0. The second-order valence-electron chi connectivity index (χ2n) is 6.51. The van der Waals surface area contributed by atoms with Crippen molar-refractivity contribution in [2.24, 2.45) is 0 Å². The quantitative estimate of drug-likeness (QED) is 0.853. The number of nitrogens with one attached hydrogen (secondary N) is 1. The Kier molecular flexibility index (Phi) is 5.15. The number of hydrogen-bond donors (Lipinski definition) is 1. The zero-order chi connectivity index (χ0) is 15.4. The molecule has 0 spiro atoms. The molecule has 0 aromatic carbocycles. The largest absolute Gasteiger partial charge is 0.336 e. The van der Waals surface area contributed by atoms with E-state index in [1.807, 2.05) is 10.8 Å². The molecule has 1 saturated carbocycles. The van der Waals surface area contributed by atoms with Crippen LogP contribution in [0.4, 0.5) is 0 Å². The number of rotatable bonds is 6. The van der Waals surface area contributed by atoms with Crippen LogP contribution in [0.25, 0.3) is 0 Å².